The zero-order valence-electron chi connectivity index (χ0n) is 15.5. The SMILES string of the molecule is C=C(OC)C(C)(C)Oc1cc(F)c(Cl)cc1/C=C1/C(=O)Nc2cc(Cl)ccc21. The van der Waals surface area contributed by atoms with Crippen LogP contribution < -0.4 is 10.1 Å². The van der Waals surface area contributed by atoms with Crippen molar-refractivity contribution in [3.63, 3.8) is 0 Å². The Hall–Kier alpha value is -2.50. The second kappa shape index (κ2) is 7.49. The van der Waals surface area contributed by atoms with Crippen molar-refractivity contribution in [2.75, 3.05) is 12.4 Å². The van der Waals surface area contributed by atoms with E-state index < -0.39 is 11.4 Å². The Balaban J connectivity index is 2.10. The second-order valence-electron chi connectivity index (χ2n) is 6.75. The maximum atomic E-state index is 14.1. The van der Waals surface area contributed by atoms with Crippen LogP contribution in [0.1, 0.15) is 25.0 Å². The van der Waals surface area contributed by atoms with Crippen LogP contribution in [0, 0.1) is 5.82 Å². The summed E-state index contributed by atoms with van der Waals surface area (Å²) in [6.07, 6.45) is 1.60. The number of anilines is 1. The van der Waals surface area contributed by atoms with Crippen molar-refractivity contribution < 1.29 is 18.7 Å². The van der Waals surface area contributed by atoms with Gasteiger partial charge in [0.25, 0.3) is 5.91 Å². The maximum absolute atomic E-state index is 14.1. The van der Waals surface area contributed by atoms with Crippen molar-refractivity contribution in [2.24, 2.45) is 0 Å². The highest BCUT2D eigenvalue weighted by atomic mass is 35.5. The monoisotopic (exact) mass is 421 g/mol. The summed E-state index contributed by atoms with van der Waals surface area (Å²) in [5.74, 6) is -0.377. The maximum Gasteiger partial charge on any atom is 0.256 e. The number of carbonyl (C=O) groups excluding carboxylic acids is 1. The number of rotatable bonds is 5. The Kier molecular flexibility index (Phi) is 5.41. The number of nitrogens with one attached hydrogen (secondary N) is 1. The summed E-state index contributed by atoms with van der Waals surface area (Å²) in [6.45, 7) is 7.28. The molecule has 0 fully saturated rings. The van der Waals surface area contributed by atoms with Gasteiger partial charge in [-0.3, -0.25) is 4.79 Å². The van der Waals surface area contributed by atoms with Crippen LogP contribution in [0.25, 0.3) is 11.6 Å². The number of hydrogen-bond acceptors (Lipinski definition) is 3. The van der Waals surface area contributed by atoms with E-state index in [1.807, 2.05) is 0 Å². The number of halogens is 3. The second-order valence-corrected chi connectivity index (χ2v) is 7.59. The Labute approximate surface area is 172 Å². The van der Waals surface area contributed by atoms with Crippen molar-refractivity contribution in [3.8, 4) is 5.75 Å². The van der Waals surface area contributed by atoms with E-state index in [1.165, 1.54) is 19.2 Å². The molecule has 1 aliphatic heterocycles. The Bertz CT molecular complexity index is 1010. The Morgan fingerprint density at radius 2 is 1.96 bits per heavy atom. The summed E-state index contributed by atoms with van der Waals surface area (Å²) in [5, 5.41) is 3.18. The standard InChI is InChI=1S/C21H18Cl2FNO3/c1-11(27-4)21(2,3)28-19-10-17(24)16(23)8-12(19)7-15-14-6-5-13(22)9-18(14)25-20(15)26/h5-10H,1H2,2-4H3,(H,25,26)/b15-7+. The van der Waals surface area contributed by atoms with E-state index in [9.17, 15) is 9.18 Å². The van der Waals surface area contributed by atoms with Crippen LogP contribution in [-0.2, 0) is 9.53 Å². The van der Waals surface area contributed by atoms with Gasteiger partial charge in [-0.05, 0) is 38.1 Å². The minimum absolute atomic E-state index is 0.0858. The normalized spacial score (nSPS) is 14.6. The smallest absolute Gasteiger partial charge is 0.256 e. The fraction of sp³-hybridized carbons (Fsp3) is 0.190. The fourth-order valence-electron chi connectivity index (χ4n) is 2.79. The van der Waals surface area contributed by atoms with Crippen LogP contribution in [0.15, 0.2) is 42.7 Å². The van der Waals surface area contributed by atoms with Crippen LogP contribution in [0.4, 0.5) is 10.1 Å². The number of amides is 1. The van der Waals surface area contributed by atoms with Gasteiger partial charge >= 0.3 is 0 Å². The Morgan fingerprint density at radius 1 is 1.25 bits per heavy atom. The third kappa shape index (κ3) is 3.86. The first kappa shape index (κ1) is 20.2. The summed E-state index contributed by atoms with van der Waals surface area (Å²) >= 11 is 12.0. The molecule has 3 rings (SSSR count). The fourth-order valence-corrected chi connectivity index (χ4v) is 3.13. The largest absolute Gasteiger partial charge is 0.497 e. The third-order valence-electron chi connectivity index (χ3n) is 4.40. The summed E-state index contributed by atoms with van der Waals surface area (Å²) in [4.78, 5) is 12.4. The van der Waals surface area contributed by atoms with Crippen LogP contribution in [0.3, 0.4) is 0 Å². The van der Waals surface area contributed by atoms with Crippen molar-refractivity contribution in [2.45, 2.75) is 19.4 Å². The molecule has 0 saturated heterocycles. The highest BCUT2D eigenvalue weighted by molar-refractivity contribution is 6.37. The number of benzene rings is 2. The molecule has 1 aliphatic rings. The molecule has 7 heteroatoms. The molecular weight excluding hydrogens is 404 g/mol. The molecule has 0 spiro atoms. The third-order valence-corrected chi connectivity index (χ3v) is 4.92. The van der Waals surface area contributed by atoms with Crippen LogP contribution >= 0.6 is 23.2 Å². The van der Waals surface area contributed by atoms with Crippen LogP contribution in [0.5, 0.6) is 5.75 Å². The van der Waals surface area contributed by atoms with Crippen LogP contribution in [-0.4, -0.2) is 18.6 Å². The van der Waals surface area contributed by atoms with Gasteiger partial charge in [0.1, 0.15) is 17.3 Å². The number of methoxy groups -OCH3 is 1. The average Bonchev–Trinajstić information content (AvgIpc) is 2.92. The molecule has 0 aromatic heterocycles. The molecule has 1 heterocycles. The lowest BCUT2D eigenvalue weighted by Gasteiger charge is -2.28. The van der Waals surface area contributed by atoms with E-state index in [-0.39, 0.29) is 16.7 Å². The topological polar surface area (TPSA) is 47.6 Å². The van der Waals surface area contributed by atoms with Crippen molar-refractivity contribution in [1.29, 1.82) is 0 Å². The van der Waals surface area contributed by atoms with Gasteiger partial charge < -0.3 is 14.8 Å². The van der Waals surface area contributed by atoms with Gasteiger partial charge in [-0.1, -0.05) is 35.8 Å². The van der Waals surface area contributed by atoms with Gasteiger partial charge in [0.2, 0.25) is 0 Å². The lowest BCUT2D eigenvalue weighted by molar-refractivity contribution is -0.110. The number of carbonyl (C=O) groups is 1. The predicted octanol–water partition coefficient (Wildman–Crippen LogP) is 5.94. The highest BCUT2D eigenvalue weighted by Crippen LogP contribution is 2.38. The van der Waals surface area contributed by atoms with Gasteiger partial charge in [-0.15, -0.1) is 0 Å². The van der Waals surface area contributed by atoms with Crippen LogP contribution in [0.2, 0.25) is 10.0 Å². The molecule has 0 bridgehead atoms. The quantitative estimate of drug-likeness (QED) is 0.479. The first-order valence-electron chi connectivity index (χ1n) is 8.37. The van der Waals surface area contributed by atoms with E-state index in [0.717, 1.165) is 0 Å². The van der Waals surface area contributed by atoms with E-state index >= 15 is 0 Å². The van der Waals surface area contributed by atoms with E-state index in [4.69, 9.17) is 32.7 Å². The molecule has 0 aliphatic carbocycles. The molecule has 0 radical (unpaired) electrons. The first-order valence-corrected chi connectivity index (χ1v) is 9.12. The molecule has 1 N–H and O–H groups in total. The van der Waals surface area contributed by atoms with E-state index in [0.29, 0.717) is 33.2 Å². The molecule has 0 unspecified atom stereocenters. The predicted molar refractivity (Wildman–Crippen MR) is 110 cm³/mol. The molecule has 146 valence electrons. The molecule has 0 atom stereocenters. The average molecular weight is 422 g/mol. The lowest BCUT2D eigenvalue weighted by atomic mass is 10.0. The summed E-state index contributed by atoms with van der Waals surface area (Å²) in [6, 6.07) is 7.68. The van der Waals surface area contributed by atoms with Gasteiger partial charge in [0.15, 0.2) is 5.60 Å². The summed E-state index contributed by atoms with van der Waals surface area (Å²) in [5.41, 5.74) is 1.18. The zero-order chi connectivity index (χ0) is 20.6. The molecule has 1 amide bonds. The summed E-state index contributed by atoms with van der Waals surface area (Å²) < 4.78 is 25.2. The molecule has 28 heavy (non-hydrogen) atoms. The number of ether oxygens (including phenoxy) is 2. The van der Waals surface area contributed by atoms with Gasteiger partial charge in [-0.25, -0.2) is 4.39 Å². The van der Waals surface area contributed by atoms with Gasteiger partial charge in [0.05, 0.1) is 17.8 Å². The minimum atomic E-state index is -0.939. The van der Waals surface area contributed by atoms with Gasteiger partial charge in [-0.2, -0.15) is 0 Å². The van der Waals surface area contributed by atoms with E-state index in [1.54, 1.807) is 38.1 Å². The molecule has 2 aromatic carbocycles. The van der Waals surface area contributed by atoms with Gasteiger partial charge in [0, 0.05) is 27.8 Å². The van der Waals surface area contributed by atoms with Crippen molar-refractivity contribution in [1.82, 2.24) is 0 Å². The van der Waals surface area contributed by atoms with Crippen molar-refractivity contribution >= 4 is 46.4 Å². The number of fused-ring (bicyclic) bond motifs is 1. The summed E-state index contributed by atoms with van der Waals surface area (Å²) in [7, 11) is 1.48. The molecule has 4 nitrogen and oxygen atoms in total. The molecular formula is C21H18Cl2FNO3. The highest BCUT2D eigenvalue weighted by Gasteiger charge is 2.28. The number of hydrogen-bond donors (Lipinski definition) is 1. The first-order chi connectivity index (χ1) is 13.1. The Morgan fingerprint density at radius 3 is 2.64 bits per heavy atom. The van der Waals surface area contributed by atoms with E-state index in [2.05, 4.69) is 11.9 Å². The van der Waals surface area contributed by atoms with Crippen molar-refractivity contribution in [3.05, 3.63) is 69.7 Å². The molecule has 0 saturated carbocycles. The minimum Gasteiger partial charge on any atom is -0.497 e. The lowest BCUT2D eigenvalue weighted by Crippen LogP contribution is -2.31. The zero-order valence-corrected chi connectivity index (χ0v) is 17.0. The molecule has 2 aromatic rings.